The van der Waals surface area contributed by atoms with Crippen molar-refractivity contribution in [2.45, 2.75) is 44.9 Å². The highest BCUT2D eigenvalue weighted by molar-refractivity contribution is 6.30. The summed E-state index contributed by atoms with van der Waals surface area (Å²) in [6, 6.07) is 11.7. The Balaban J connectivity index is 2.31. The van der Waals surface area contributed by atoms with Crippen LogP contribution in [0, 0.1) is 12.7 Å². The second-order valence-corrected chi connectivity index (χ2v) is 8.85. The Hall–Kier alpha value is -3.13. The monoisotopic (exact) mass is 493 g/mol. The SMILES string of the molecule is Cc1cccc(CC(NC(=O)NC(C)C)(c2cc(F)cc(C(F)(F)F)c2)c2ccc(Cl)cn2)c1. The summed E-state index contributed by atoms with van der Waals surface area (Å²) in [5.41, 5.74) is -1.08. The maximum Gasteiger partial charge on any atom is 0.416 e. The quantitative estimate of drug-likeness (QED) is 0.391. The molecule has 1 atom stereocenters. The van der Waals surface area contributed by atoms with E-state index in [1.165, 1.54) is 18.3 Å². The van der Waals surface area contributed by atoms with E-state index in [9.17, 15) is 22.4 Å². The van der Waals surface area contributed by atoms with Gasteiger partial charge in [0.1, 0.15) is 11.4 Å². The van der Waals surface area contributed by atoms with Crippen LogP contribution in [0.1, 0.15) is 41.8 Å². The molecule has 2 amide bonds. The van der Waals surface area contributed by atoms with Crippen LogP contribution in [-0.2, 0) is 18.1 Å². The smallest absolute Gasteiger partial charge is 0.336 e. The molecule has 1 unspecified atom stereocenters. The molecule has 1 heterocycles. The first-order chi connectivity index (χ1) is 15.9. The summed E-state index contributed by atoms with van der Waals surface area (Å²) in [6.45, 7) is 5.35. The number of halogens is 5. The molecule has 3 aromatic rings. The summed E-state index contributed by atoms with van der Waals surface area (Å²) >= 11 is 6.00. The Morgan fingerprint density at radius 3 is 2.35 bits per heavy atom. The fourth-order valence-corrected chi connectivity index (χ4v) is 3.88. The number of nitrogens with zero attached hydrogens (tertiary/aromatic N) is 1. The maximum atomic E-state index is 14.5. The summed E-state index contributed by atoms with van der Waals surface area (Å²) in [4.78, 5) is 17.2. The van der Waals surface area contributed by atoms with Crippen LogP contribution in [0.5, 0.6) is 0 Å². The highest BCUT2D eigenvalue weighted by atomic mass is 35.5. The van der Waals surface area contributed by atoms with Crippen molar-refractivity contribution in [1.29, 1.82) is 0 Å². The highest BCUT2D eigenvalue weighted by Gasteiger charge is 2.41. The standard InChI is InChI=1S/C25H24ClF4N3O/c1-15(2)32-23(34)33-24(22-8-7-20(26)14-31-22,13-17-6-4-5-16(3)9-17)18-10-19(25(28,29)30)12-21(27)11-18/h4-12,14-15H,13H2,1-3H3,(H2,32,33,34). The molecule has 1 aromatic heterocycles. The van der Waals surface area contributed by atoms with Crippen molar-refractivity contribution in [2.24, 2.45) is 0 Å². The van der Waals surface area contributed by atoms with Crippen molar-refractivity contribution in [1.82, 2.24) is 15.6 Å². The molecule has 9 heteroatoms. The third kappa shape index (κ3) is 6.05. The van der Waals surface area contributed by atoms with Gasteiger partial charge in [0.05, 0.1) is 16.3 Å². The molecule has 0 spiro atoms. The lowest BCUT2D eigenvalue weighted by Crippen LogP contribution is -2.53. The Morgan fingerprint density at radius 2 is 1.76 bits per heavy atom. The van der Waals surface area contributed by atoms with Gasteiger partial charge in [-0.15, -0.1) is 0 Å². The van der Waals surface area contributed by atoms with Crippen LogP contribution in [0.2, 0.25) is 5.02 Å². The molecular formula is C25H24ClF4N3O. The molecule has 3 rings (SSSR count). The molecule has 180 valence electrons. The third-order valence-corrected chi connectivity index (χ3v) is 5.40. The molecule has 0 saturated carbocycles. The van der Waals surface area contributed by atoms with Gasteiger partial charge in [-0.05, 0) is 62.2 Å². The number of urea groups is 1. The summed E-state index contributed by atoms with van der Waals surface area (Å²) in [5.74, 6) is -1.08. The van der Waals surface area contributed by atoms with Crippen LogP contribution >= 0.6 is 11.6 Å². The highest BCUT2D eigenvalue weighted by Crippen LogP contribution is 2.38. The molecule has 2 N–H and O–H groups in total. The fourth-order valence-electron chi connectivity index (χ4n) is 3.77. The van der Waals surface area contributed by atoms with Gasteiger partial charge < -0.3 is 10.6 Å². The molecule has 0 aliphatic heterocycles. The zero-order chi connectivity index (χ0) is 25.1. The predicted octanol–water partition coefficient (Wildman–Crippen LogP) is 6.40. The number of hydrogen-bond acceptors (Lipinski definition) is 2. The van der Waals surface area contributed by atoms with Crippen molar-refractivity contribution >= 4 is 17.6 Å². The van der Waals surface area contributed by atoms with Gasteiger partial charge in [0.2, 0.25) is 0 Å². The first-order valence-electron chi connectivity index (χ1n) is 10.5. The Morgan fingerprint density at radius 1 is 1.06 bits per heavy atom. The number of pyridine rings is 1. The van der Waals surface area contributed by atoms with E-state index in [1.807, 2.05) is 19.1 Å². The number of carbonyl (C=O) groups excluding carboxylic acids is 1. The zero-order valence-electron chi connectivity index (χ0n) is 18.8. The summed E-state index contributed by atoms with van der Waals surface area (Å²) in [6.07, 6.45) is -3.46. The van der Waals surface area contributed by atoms with Crippen LogP contribution < -0.4 is 10.6 Å². The van der Waals surface area contributed by atoms with Gasteiger partial charge in [-0.1, -0.05) is 41.4 Å². The van der Waals surface area contributed by atoms with Gasteiger partial charge in [-0.2, -0.15) is 13.2 Å². The third-order valence-electron chi connectivity index (χ3n) is 5.18. The van der Waals surface area contributed by atoms with Gasteiger partial charge in [0, 0.05) is 18.7 Å². The van der Waals surface area contributed by atoms with Crippen molar-refractivity contribution in [3.63, 3.8) is 0 Å². The lowest BCUT2D eigenvalue weighted by Gasteiger charge is -2.36. The number of rotatable bonds is 6. The lowest BCUT2D eigenvalue weighted by molar-refractivity contribution is -0.137. The topological polar surface area (TPSA) is 54.0 Å². The van der Waals surface area contributed by atoms with E-state index >= 15 is 0 Å². The number of benzene rings is 2. The van der Waals surface area contributed by atoms with E-state index in [2.05, 4.69) is 15.6 Å². The van der Waals surface area contributed by atoms with E-state index in [4.69, 9.17) is 11.6 Å². The average molecular weight is 494 g/mol. The van der Waals surface area contributed by atoms with Gasteiger partial charge in [-0.3, -0.25) is 4.98 Å². The molecule has 0 fully saturated rings. The molecule has 0 radical (unpaired) electrons. The predicted molar refractivity (Wildman–Crippen MR) is 123 cm³/mol. The van der Waals surface area contributed by atoms with Crippen molar-refractivity contribution < 1.29 is 22.4 Å². The largest absolute Gasteiger partial charge is 0.416 e. The van der Waals surface area contributed by atoms with Crippen molar-refractivity contribution in [2.75, 3.05) is 0 Å². The number of carbonyl (C=O) groups is 1. The Bertz CT molecular complexity index is 1170. The average Bonchev–Trinajstić information content (AvgIpc) is 2.72. The van der Waals surface area contributed by atoms with Gasteiger partial charge in [0.15, 0.2) is 0 Å². The van der Waals surface area contributed by atoms with Crippen LogP contribution in [0.15, 0.2) is 60.8 Å². The van der Waals surface area contributed by atoms with Gasteiger partial charge in [0.25, 0.3) is 0 Å². The second-order valence-electron chi connectivity index (χ2n) is 8.41. The molecule has 4 nitrogen and oxygen atoms in total. The zero-order valence-corrected chi connectivity index (χ0v) is 19.6. The summed E-state index contributed by atoms with van der Waals surface area (Å²) < 4.78 is 55.4. The minimum atomic E-state index is -4.79. The minimum absolute atomic E-state index is 0.00950. The number of hydrogen-bond donors (Lipinski definition) is 2. The molecule has 0 aliphatic carbocycles. The number of alkyl halides is 3. The normalized spacial score (nSPS) is 13.4. The first kappa shape index (κ1) is 25.5. The van der Waals surface area contributed by atoms with Crippen LogP contribution in [0.4, 0.5) is 22.4 Å². The summed E-state index contributed by atoms with van der Waals surface area (Å²) in [7, 11) is 0. The van der Waals surface area contributed by atoms with Crippen molar-refractivity contribution in [3.8, 4) is 0 Å². The first-order valence-corrected chi connectivity index (χ1v) is 10.9. The molecule has 0 bridgehead atoms. The molecule has 0 aliphatic rings. The van der Waals surface area contributed by atoms with E-state index in [1.54, 1.807) is 26.0 Å². The van der Waals surface area contributed by atoms with Crippen LogP contribution in [-0.4, -0.2) is 17.1 Å². The van der Waals surface area contributed by atoms with Crippen LogP contribution in [0.3, 0.4) is 0 Å². The molecule has 34 heavy (non-hydrogen) atoms. The molecule has 2 aromatic carbocycles. The molecule has 0 saturated heterocycles. The minimum Gasteiger partial charge on any atom is -0.336 e. The van der Waals surface area contributed by atoms with E-state index in [0.717, 1.165) is 17.7 Å². The van der Waals surface area contributed by atoms with Crippen LogP contribution in [0.25, 0.3) is 0 Å². The maximum absolute atomic E-state index is 14.5. The van der Waals surface area contributed by atoms with Gasteiger partial charge >= 0.3 is 12.2 Å². The number of aromatic nitrogens is 1. The van der Waals surface area contributed by atoms with E-state index < -0.39 is 29.1 Å². The van der Waals surface area contributed by atoms with E-state index in [0.29, 0.717) is 16.7 Å². The fraction of sp³-hybridized carbons (Fsp3) is 0.280. The number of aryl methyl sites for hydroxylation is 1. The number of nitrogens with one attached hydrogen (secondary N) is 2. The number of amides is 2. The second kappa shape index (κ2) is 10.0. The van der Waals surface area contributed by atoms with E-state index in [-0.39, 0.29) is 23.7 Å². The Kier molecular flexibility index (Phi) is 7.51. The lowest BCUT2D eigenvalue weighted by atomic mass is 9.79. The Labute approximate surface area is 200 Å². The molecular weight excluding hydrogens is 470 g/mol. The van der Waals surface area contributed by atoms with Gasteiger partial charge in [-0.25, -0.2) is 9.18 Å². The van der Waals surface area contributed by atoms with Crippen molar-refractivity contribution in [3.05, 3.63) is 99.6 Å². The summed E-state index contributed by atoms with van der Waals surface area (Å²) in [5, 5.41) is 5.78.